The highest BCUT2D eigenvalue weighted by molar-refractivity contribution is 5.96. The zero-order valence-electron chi connectivity index (χ0n) is 18.0. The molecule has 0 aliphatic rings. The summed E-state index contributed by atoms with van der Waals surface area (Å²) in [6, 6.07) is 16.7. The first-order valence-electron chi connectivity index (χ1n) is 10.1. The minimum Gasteiger partial charge on any atom is -0.326 e. The number of rotatable bonds is 5. The van der Waals surface area contributed by atoms with Crippen LogP contribution in [0.1, 0.15) is 31.1 Å². The lowest BCUT2D eigenvalue weighted by atomic mass is 10.1. The Morgan fingerprint density at radius 3 is 2.19 bits per heavy atom. The largest absolute Gasteiger partial charge is 0.326 e. The van der Waals surface area contributed by atoms with Gasteiger partial charge >= 0.3 is 0 Å². The summed E-state index contributed by atoms with van der Waals surface area (Å²) in [5.41, 5.74) is 5.92. The summed E-state index contributed by atoms with van der Waals surface area (Å²) in [6.45, 7) is 4.44. The van der Waals surface area contributed by atoms with Crippen LogP contribution < -0.4 is 10.6 Å². The monoisotopic (exact) mass is 426 g/mol. The van der Waals surface area contributed by atoms with Crippen LogP contribution >= 0.6 is 0 Å². The molecule has 7 nitrogen and oxygen atoms in total. The molecule has 0 fully saturated rings. The van der Waals surface area contributed by atoms with Crippen molar-refractivity contribution in [1.82, 2.24) is 9.38 Å². The Hall–Kier alpha value is -4.26. The maximum absolute atomic E-state index is 11.8. The van der Waals surface area contributed by atoms with Crippen LogP contribution in [0.2, 0.25) is 0 Å². The highest BCUT2D eigenvalue weighted by atomic mass is 16.2. The van der Waals surface area contributed by atoms with Crippen molar-refractivity contribution in [1.29, 1.82) is 0 Å². The van der Waals surface area contributed by atoms with Gasteiger partial charge in [0, 0.05) is 42.4 Å². The van der Waals surface area contributed by atoms with Crippen molar-refractivity contribution in [3.8, 4) is 22.4 Å². The van der Waals surface area contributed by atoms with Crippen molar-refractivity contribution in [2.24, 2.45) is 0 Å². The SMILES string of the molecule is CC(=O)Nc1cccc(-c2cc(NC(C)=O)c3ncc(-c4ccc(C(C)=O)cc4)n3c2)c1. The number of fused-ring (bicyclic) bond motifs is 1. The molecule has 160 valence electrons. The number of hydrogen-bond acceptors (Lipinski definition) is 4. The molecular formula is C25H22N4O3. The van der Waals surface area contributed by atoms with E-state index in [1.54, 1.807) is 18.3 Å². The van der Waals surface area contributed by atoms with Crippen LogP contribution in [0, 0.1) is 0 Å². The van der Waals surface area contributed by atoms with E-state index in [-0.39, 0.29) is 17.6 Å². The maximum atomic E-state index is 11.8. The number of hydrogen-bond donors (Lipinski definition) is 2. The highest BCUT2D eigenvalue weighted by Crippen LogP contribution is 2.31. The minimum atomic E-state index is -0.202. The van der Waals surface area contributed by atoms with Gasteiger partial charge < -0.3 is 10.6 Å². The number of nitrogens with zero attached hydrogens (tertiary/aromatic N) is 2. The van der Waals surface area contributed by atoms with Gasteiger partial charge in [0.15, 0.2) is 11.4 Å². The topological polar surface area (TPSA) is 92.6 Å². The Bertz CT molecular complexity index is 1350. The number of carbonyl (C=O) groups excluding carboxylic acids is 3. The lowest BCUT2D eigenvalue weighted by molar-refractivity contribution is -0.115. The van der Waals surface area contributed by atoms with Crippen LogP contribution in [0.3, 0.4) is 0 Å². The molecule has 4 aromatic rings. The number of nitrogens with one attached hydrogen (secondary N) is 2. The molecule has 0 spiro atoms. The molecule has 7 heteroatoms. The van der Waals surface area contributed by atoms with Gasteiger partial charge in [-0.05, 0) is 30.7 Å². The van der Waals surface area contributed by atoms with Crippen LogP contribution in [-0.2, 0) is 9.59 Å². The quantitative estimate of drug-likeness (QED) is 0.449. The average molecular weight is 426 g/mol. The predicted molar refractivity (Wildman–Crippen MR) is 125 cm³/mol. The van der Waals surface area contributed by atoms with Gasteiger partial charge in [-0.3, -0.25) is 18.8 Å². The van der Waals surface area contributed by atoms with E-state index in [1.807, 2.05) is 53.1 Å². The van der Waals surface area contributed by atoms with Crippen LogP contribution in [0.15, 0.2) is 67.0 Å². The van der Waals surface area contributed by atoms with Crippen molar-refractivity contribution in [3.63, 3.8) is 0 Å². The number of aromatic nitrogens is 2. The first kappa shape index (κ1) is 21.0. The maximum Gasteiger partial charge on any atom is 0.221 e. The zero-order chi connectivity index (χ0) is 22.8. The molecule has 2 aromatic heterocycles. The number of Topliss-reactive ketones (excluding diaryl/α,β-unsaturated/α-hetero) is 1. The Morgan fingerprint density at radius 1 is 0.812 bits per heavy atom. The summed E-state index contributed by atoms with van der Waals surface area (Å²) in [6.07, 6.45) is 3.68. The second-order valence-corrected chi connectivity index (χ2v) is 7.56. The van der Waals surface area contributed by atoms with Gasteiger partial charge in [-0.25, -0.2) is 4.98 Å². The van der Waals surface area contributed by atoms with E-state index in [9.17, 15) is 14.4 Å². The molecule has 2 amide bonds. The molecule has 2 aromatic carbocycles. The number of ketones is 1. The van der Waals surface area contributed by atoms with Crippen molar-refractivity contribution < 1.29 is 14.4 Å². The van der Waals surface area contributed by atoms with Crippen LogP contribution in [0.5, 0.6) is 0 Å². The first-order valence-corrected chi connectivity index (χ1v) is 10.1. The second-order valence-electron chi connectivity index (χ2n) is 7.56. The van der Waals surface area contributed by atoms with Crippen molar-refractivity contribution >= 4 is 34.6 Å². The molecule has 32 heavy (non-hydrogen) atoms. The molecule has 0 saturated carbocycles. The molecule has 0 atom stereocenters. The number of amides is 2. The summed E-state index contributed by atoms with van der Waals surface area (Å²) in [7, 11) is 0. The summed E-state index contributed by atoms with van der Waals surface area (Å²) in [4.78, 5) is 39.4. The molecule has 0 saturated heterocycles. The van der Waals surface area contributed by atoms with Crippen LogP contribution in [-0.4, -0.2) is 27.0 Å². The van der Waals surface area contributed by atoms with Gasteiger partial charge in [0.2, 0.25) is 11.8 Å². The summed E-state index contributed by atoms with van der Waals surface area (Å²) in [5, 5.41) is 5.65. The Morgan fingerprint density at radius 2 is 1.53 bits per heavy atom. The number of imidazole rings is 1. The van der Waals surface area contributed by atoms with E-state index in [4.69, 9.17) is 0 Å². The molecular weight excluding hydrogens is 404 g/mol. The Kier molecular flexibility index (Phi) is 5.55. The fourth-order valence-corrected chi connectivity index (χ4v) is 3.60. The fourth-order valence-electron chi connectivity index (χ4n) is 3.60. The van der Waals surface area contributed by atoms with E-state index >= 15 is 0 Å². The molecule has 4 rings (SSSR count). The number of anilines is 2. The molecule has 0 radical (unpaired) electrons. The lowest BCUT2D eigenvalue weighted by Gasteiger charge is -2.12. The third-order valence-corrected chi connectivity index (χ3v) is 5.02. The number of benzene rings is 2. The van der Waals surface area contributed by atoms with Gasteiger partial charge in [0.1, 0.15) is 0 Å². The fraction of sp³-hybridized carbons (Fsp3) is 0.120. The molecule has 2 heterocycles. The van der Waals surface area contributed by atoms with E-state index in [0.29, 0.717) is 22.6 Å². The first-order chi connectivity index (χ1) is 15.3. The Balaban J connectivity index is 1.87. The van der Waals surface area contributed by atoms with Crippen LogP contribution in [0.4, 0.5) is 11.4 Å². The van der Waals surface area contributed by atoms with Gasteiger partial charge in [-0.2, -0.15) is 0 Å². The van der Waals surface area contributed by atoms with E-state index in [0.717, 1.165) is 22.4 Å². The Labute approximate surface area is 185 Å². The molecule has 0 aliphatic heterocycles. The summed E-state index contributed by atoms with van der Waals surface area (Å²) < 4.78 is 1.91. The molecule has 0 bridgehead atoms. The molecule has 2 N–H and O–H groups in total. The van der Waals surface area contributed by atoms with Gasteiger partial charge in [-0.15, -0.1) is 0 Å². The highest BCUT2D eigenvalue weighted by Gasteiger charge is 2.14. The van der Waals surface area contributed by atoms with Crippen LogP contribution in [0.25, 0.3) is 28.0 Å². The zero-order valence-corrected chi connectivity index (χ0v) is 18.0. The lowest BCUT2D eigenvalue weighted by Crippen LogP contribution is -2.08. The average Bonchev–Trinajstić information content (AvgIpc) is 3.17. The third-order valence-electron chi connectivity index (χ3n) is 5.02. The van der Waals surface area contributed by atoms with Gasteiger partial charge in [-0.1, -0.05) is 36.4 Å². The van der Waals surface area contributed by atoms with Crippen molar-refractivity contribution in [2.75, 3.05) is 10.6 Å². The van der Waals surface area contributed by atoms with Crippen molar-refractivity contribution in [2.45, 2.75) is 20.8 Å². The van der Waals surface area contributed by atoms with Gasteiger partial charge in [0.25, 0.3) is 0 Å². The standard InChI is InChI=1S/C25H22N4O3/c1-15(30)18-7-9-19(10-8-18)24-13-26-25-23(28-17(3)32)12-21(14-29(24)25)20-5-4-6-22(11-20)27-16(2)31/h4-14H,1-3H3,(H,27,31)(H,28,32). The molecule has 0 unspecified atom stereocenters. The normalized spacial score (nSPS) is 10.7. The second kappa shape index (κ2) is 8.47. The van der Waals surface area contributed by atoms with E-state index < -0.39 is 0 Å². The number of carbonyl (C=O) groups is 3. The van der Waals surface area contributed by atoms with Crippen molar-refractivity contribution in [3.05, 3.63) is 72.6 Å². The minimum absolute atomic E-state index is 0.00368. The predicted octanol–water partition coefficient (Wildman–Crippen LogP) is 4.79. The number of pyridine rings is 1. The third kappa shape index (κ3) is 4.27. The van der Waals surface area contributed by atoms with E-state index in [2.05, 4.69) is 15.6 Å². The summed E-state index contributed by atoms with van der Waals surface area (Å²) in [5.74, 6) is -0.349. The smallest absolute Gasteiger partial charge is 0.221 e. The van der Waals surface area contributed by atoms with E-state index in [1.165, 1.54) is 20.8 Å². The van der Waals surface area contributed by atoms with Gasteiger partial charge in [0.05, 0.1) is 17.6 Å². The molecule has 0 aliphatic carbocycles. The summed E-state index contributed by atoms with van der Waals surface area (Å²) >= 11 is 0.